The fourth-order valence-electron chi connectivity index (χ4n) is 5.76. The molecule has 0 unspecified atom stereocenters. The summed E-state index contributed by atoms with van der Waals surface area (Å²) in [7, 11) is 0. The molecule has 1 nitrogen and oxygen atoms in total. The molecule has 0 saturated heterocycles. The highest BCUT2D eigenvalue weighted by molar-refractivity contribution is 6.30. The van der Waals surface area contributed by atoms with Gasteiger partial charge in [0.2, 0.25) is 0 Å². The van der Waals surface area contributed by atoms with E-state index < -0.39 is 4.87 Å². The lowest BCUT2D eigenvalue weighted by molar-refractivity contribution is -0.119. The maximum atomic E-state index is 12.7. The molecule has 0 amide bonds. The summed E-state index contributed by atoms with van der Waals surface area (Å²) in [5.41, 5.74) is 3.02. The highest BCUT2D eigenvalue weighted by Gasteiger charge is 2.56. The van der Waals surface area contributed by atoms with Gasteiger partial charge in [0.15, 0.2) is 5.78 Å². The van der Waals surface area contributed by atoms with Gasteiger partial charge in [-0.3, -0.25) is 4.79 Å². The number of hydrogen-bond acceptors (Lipinski definition) is 1. The van der Waals surface area contributed by atoms with Crippen LogP contribution in [0.3, 0.4) is 0 Å². The van der Waals surface area contributed by atoms with Crippen LogP contribution in [0.1, 0.15) is 73.1 Å². The average molecular weight is 295 g/mol. The van der Waals surface area contributed by atoms with Gasteiger partial charge in [-0.15, -0.1) is 11.6 Å². The largest absolute Gasteiger partial charge is 0.294 e. The van der Waals surface area contributed by atoms with Crippen molar-refractivity contribution >= 4 is 17.4 Å². The molecule has 0 spiro atoms. The number of alkyl halides is 1. The van der Waals surface area contributed by atoms with Crippen LogP contribution in [-0.2, 0) is 4.79 Å². The summed E-state index contributed by atoms with van der Waals surface area (Å²) in [5, 5.41) is 0. The van der Waals surface area contributed by atoms with Gasteiger partial charge in [-0.2, -0.15) is 0 Å². The van der Waals surface area contributed by atoms with E-state index in [2.05, 4.69) is 34.6 Å². The molecule has 0 aromatic rings. The molecule has 3 aliphatic carbocycles. The quantitative estimate of drug-likeness (QED) is 0.556. The van der Waals surface area contributed by atoms with Gasteiger partial charge in [-0.05, 0) is 48.3 Å². The molecule has 2 bridgehead atoms. The minimum absolute atomic E-state index is 0.112. The third-order valence-electron chi connectivity index (χ3n) is 5.42. The molecular formula is C18H27ClO. The summed E-state index contributed by atoms with van der Waals surface area (Å²) < 4.78 is 0. The molecular weight excluding hydrogens is 268 g/mol. The van der Waals surface area contributed by atoms with E-state index in [0.717, 1.165) is 31.3 Å². The number of hydrogen-bond donors (Lipinski definition) is 0. The predicted molar refractivity (Wildman–Crippen MR) is 84.0 cm³/mol. The normalized spacial score (nSPS) is 42.4. The molecule has 0 aromatic heterocycles. The van der Waals surface area contributed by atoms with Crippen LogP contribution in [0.15, 0.2) is 11.1 Å². The first-order valence-electron chi connectivity index (χ1n) is 7.89. The number of rotatable bonds is 0. The van der Waals surface area contributed by atoms with E-state index in [4.69, 9.17) is 11.6 Å². The third kappa shape index (κ3) is 2.26. The van der Waals surface area contributed by atoms with Crippen LogP contribution in [0.5, 0.6) is 0 Å². The highest BCUT2D eigenvalue weighted by Crippen LogP contribution is 2.63. The van der Waals surface area contributed by atoms with Crippen LogP contribution in [-0.4, -0.2) is 10.7 Å². The molecule has 20 heavy (non-hydrogen) atoms. The second-order valence-electron chi connectivity index (χ2n) is 9.57. The van der Waals surface area contributed by atoms with Gasteiger partial charge in [-0.25, -0.2) is 0 Å². The molecule has 3 rings (SSSR count). The van der Waals surface area contributed by atoms with E-state index in [-0.39, 0.29) is 16.2 Å². The molecule has 2 atom stereocenters. The van der Waals surface area contributed by atoms with E-state index in [9.17, 15) is 4.79 Å². The van der Waals surface area contributed by atoms with Crippen molar-refractivity contribution in [2.24, 2.45) is 16.2 Å². The number of Topliss-reactive ketones (excluding diaryl/α,β-unsaturated/α-hetero) is 1. The van der Waals surface area contributed by atoms with Gasteiger partial charge in [-0.1, -0.05) is 40.2 Å². The molecule has 0 radical (unpaired) electrons. The number of carbonyl (C=O) groups is 1. The molecule has 3 aliphatic rings. The van der Waals surface area contributed by atoms with Crippen LogP contribution >= 0.6 is 11.6 Å². The number of halogens is 1. The standard InChI is InChI=1S/C18H27ClO/c1-15(2)6-12-7-17(5)9-16(3,4)10-18(19,11-17)14(12)13(20)8-15/h6-11H2,1-5H3/t17-,18-/m1/s1. The Morgan fingerprint density at radius 1 is 0.850 bits per heavy atom. The maximum Gasteiger partial charge on any atom is 0.161 e. The van der Waals surface area contributed by atoms with Crippen LogP contribution in [0, 0.1) is 16.2 Å². The molecule has 2 heteroatoms. The van der Waals surface area contributed by atoms with Crippen LogP contribution in [0.4, 0.5) is 0 Å². The summed E-state index contributed by atoms with van der Waals surface area (Å²) in [6.07, 6.45) is 5.95. The van der Waals surface area contributed by atoms with E-state index in [0.29, 0.717) is 12.2 Å². The minimum atomic E-state index is -0.391. The van der Waals surface area contributed by atoms with E-state index >= 15 is 0 Å². The zero-order valence-corrected chi connectivity index (χ0v) is 14.3. The SMILES string of the molecule is CC1(C)CC(=O)C2=C(C1)C[C@]1(C)CC(C)(C)C[C@@]2(Cl)C1. The van der Waals surface area contributed by atoms with Gasteiger partial charge in [0.25, 0.3) is 0 Å². The summed E-state index contributed by atoms with van der Waals surface area (Å²) >= 11 is 7.06. The lowest BCUT2D eigenvalue weighted by Gasteiger charge is -2.56. The fraction of sp³-hybridized carbons (Fsp3) is 0.833. The number of allylic oxidation sites excluding steroid dienone is 2. The Bertz CT molecular complexity index is 514. The van der Waals surface area contributed by atoms with E-state index in [1.807, 2.05) is 0 Å². The molecule has 1 saturated carbocycles. The Morgan fingerprint density at radius 3 is 2.15 bits per heavy atom. The van der Waals surface area contributed by atoms with Gasteiger partial charge in [0, 0.05) is 12.0 Å². The van der Waals surface area contributed by atoms with Crippen LogP contribution in [0.25, 0.3) is 0 Å². The van der Waals surface area contributed by atoms with Crippen LogP contribution in [0.2, 0.25) is 0 Å². The average Bonchev–Trinajstić information content (AvgIpc) is 2.05. The van der Waals surface area contributed by atoms with Gasteiger partial charge in [0.05, 0.1) is 4.87 Å². The summed E-state index contributed by atoms with van der Waals surface area (Å²) in [5.74, 6) is 0.325. The molecule has 0 aromatic carbocycles. The zero-order valence-electron chi connectivity index (χ0n) is 13.5. The van der Waals surface area contributed by atoms with E-state index in [1.165, 1.54) is 12.0 Å². The van der Waals surface area contributed by atoms with Crippen molar-refractivity contribution in [3.63, 3.8) is 0 Å². The van der Waals surface area contributed by atoms with E-state index in [1.54, 1.807) is 0 Å². The van der Waals surface area contributed by atoms with Gasteiger partial charge < -0.3 is 0 Å². The first-order chi connectivity index (χ1) is 8.94. The summed E-state index contributed by atoms with van der Waals surface area (Å²) in [6, 6.07) is 0. The lowest BCUT2D eigenvalue weighted by Crippen LogP contribution is -2.51. The highest BCUT2D eigenvalue weighted by atomic mass is 35.5. The van der Waals surface area contributed by atoms with Crippen molar-refractivity contribution in [2.75, 3.05) is 0 Å². The summed E-state index contributed by atoms with van der Waals surface area (Å²) in [4.78, 5) is 12.3. The Balaban J connectivity index is 2.12. The van der Waals surface area contributed by atoms with Crippen LogP contribution < -0.4 is 0 Å². The summed E-state index contributed by atoms with van der Waals surface area (Å²) in [6.45, 7) is 11.4. The fourth-order valence-corrected chi connectivity index (χ4v) is 6.68. The van der Waals surface area contributed by atoms with Crippen molar-refractivity contribution in [1.82, 2.24) is 0 Å². The zero-order chi connectivity index (χ0) is 15.0. The Morgan fingerprint density at radius 2 is 1.50 bits per heavy atom. The number of carbonyl (C=O) groups excluding carboxylic acids is 1. The number of fused-ring (bicyclic) bond motifs is 3. The maximum absolute atomic E-state index is 12.7. The first kappa shape index (κ1) is 14.6. The molecule has 112 valence electrons. The molecule has 0 heterocycles. The Hall–Kier alpha value is -0.300. The van der Waals surface area contributed by atoms with Crippen molar-refractivity contribution in [1.29, 1.82) is 0 Å². The van der Waals surface area contributed by atoms with Gasteiger partial charge in [0.1, 0.15) is 0 Å². The lowest BCUT2D eigenvalue weighted by atomic mass is 9.51. The van der Waals surface area contributed by atoms with Gasteiger partial charge >= 0.3 is 0 Å². The number of ketones is 1. The smallest absolute Gasteiger partial charge is 0.161 e. The second-order valence-corrected chi connectivity index (χ2v) is 10.3. The van der Waals surface area contributed by atoms with Crippen molar-refractivity contribution in [3.8, 4) is 0 Å². The Labute approximate surface area is 128 Å². The van der Waals surface area contributed by atoms with Crippen molar-refractivity contribution < 1.29 is 4.79 Å². The predicted octanol–water partition coefficient (Wildman–Crippen LogP) is 5.27. The topological polar surface area (TPSA) is 17.1 Å². The minimum Gasteiger partial charge on any atom is -0.294 e. The van der Waals surface area contributed by atoms with Crippen molar-refractivity contribution in [2.45, 2.75) is 78.0 Å². The Kier molecular flexibility index (Phi) is 2.86. The monoisotopic (exact) mass is 294 g/mol. The molecule has 0 N–H and O–H groups in total. The van der Waals surface area contributed by atoms with Crippen molar-refractivity contribution in [3.05, 3.63) is 11.1 Å². The third-order valence-corrected chi connectivity index (χ3v) is 5.88. The first-order valence-corrected chi connectivity index (χ1v) is 8.26. The molecule has 0 aliphatic heterocycles. The molecule has 1 fully saturated rings. The second kappa shape index (κ2) is 3.91.